The summed E-state index contributed by atoms with van der Waals surface area (Å²) < 4.78 is 11.7. The highest BCUT2D eigenvalue weighted by molar-refractivity contribution is 6.03. The Morgan fingerprint density at radius 2 is 2.21 bits per heavy atom. The van der Waals surface area contributed by atoms with E-state index < -0.39 is 0 Å². The van der Waals surface area contributed by atoms with Gasteiger partial charge in [0.1, 0.15) is 24.0 Å². The number of carbonyl (C=O) groups excluding carboxylic acids is 1. The second-order valence-corrected chi connectivity index (χ2v) is 8.38. The van der Waals surface area contributed by atoms with Crippen molar-refractivity contribution in [3.63, 3.8) is 0 Å². The molecule has 3 aromatic rings. The number of allylic oxidation sites excluding steroid dienone is 1. The Morgan fingerprint density at radius 1 is 1.30 bits per heavy atom. The number of anilines is 3. The van der Waals surface area contributed by atoms with Crippen LogP contribution < -0.4 is 15.0 Å². The lowest BCUT2D eigenvalue weighted by Crippen LogP contribution is -2.18. The minimum Gasteiger partial charge on any atom is -0.486 e. The fraction of sp³-hybridized carbons (Fsp3) is 0.346. The maximum absolute atomic E-state index is 12.6. The van der Waals surface area contributed by atoms with Gasteiger partial charge in [-0.25, -0.2) is 9.97 Å². The number of amides is 1. The predicted molar refractivity (Wildman–Crippen MR) is 129 cm³/mol. The number of fused-ring (bicyclic) bond motifs is 2. The molecule has 170 valence electrons. The largest absolute Gasteiger partial charge is 0.486 e. The molecular formula is C26H28N4O3. The van der Waals surface area contributed by atoms with Crippen molar-refractivity contribution >= 4 is 34.0 Å². The third kappa shape index (κ3) is 4.54. The number of benzene rings is 2. The van der Waals surface area contributed by atoms with Crippen LogP contribution in [0.3, 0.4) is 0 Å². The van der Waals surface area contributed by atoms with Crippen LogP contribution in [0.5, 0.6) is 5.75 Å². The lowest BCUT2D eigenvalue weighted by atomic mass is 10.1. The molecule has 1 fully saturated rings. The van der Waals surface area contributed by atoms with Crippen LogP contribution in [0.1, 0.15) is 31.7 Å². The van der Waals surface area contributed by atoms with Gasteiger partial charge in [-0.1, -0.05) is 37.6 Å². The van der Waals surface area contributed by atoms with Crippen LogP contribution in [0, 0.1) is 0 Å². The molecule has 1 atom stereocenters. The molecule has 1 aromatic heterocycles. The zero-order valence-corrected chi connectivity index (χ0v) is 18.8. The lowest BCUT2D eigenvalue weighted by molar-refractivity contribution is -0.111. The molecule has 3 heterocycles. The molecule has 0 bridgehead atoms. The van der Waals surface area contributed by atoms with E-state index in [0.717, 1.165) is 54.6 Å². The third-order valence-electron chi connectivity index (χ3n) is 6.02. The molecule has 7 heteroatoms. The van der Waals surface area contributed by atoms with Crippen LogP contribution >= 0.6 is 0 Å². The summed E-state index contributed by atoms with van der Waals surface area (Å²) in [5, 5.41) is 3.88. The first-order chi connectivity index (χ1) is 16.2. The van der Waals surface area contributed by atoms with Gasteiger partial charge in [-0.05, 0) is 36.6 Å². The Labute approximate surface area is 193 Å². The summed E-state index contributed by atoms with van der Waals surface area (Å²) in [4.78, 5) is 24.0. The van der Waals surface area contributed by atoms with Gasteiger partial charge in [0.15, 0.2) is 0 Å². The molecule has 2 aromatic carbocycles. The fourth-order valence-electron chi connectivity index (χ4n) is 4.36. The van der Waals surface area contributed by atoms with Gasteiger partial charge in [-0.3, -0.25) is 4.79 Å². The van der Waals surface area contributed by atoms with E-state index in [1.807, 2.05) is 24.3 Å². The van der Waals surface area contributed by atoms with Crippen LogP contribution in [0.25, 0.3) is 10.9 Å². The Hall–Kier alpha value is -3.45. The summed E-state index contributed by atoms with van der Waals surface area (Å²) in [6, 6.07) is 12.2. The second kappa shape index (κ2) is 9.58. The van der Waals surface area contributed by atoms with E-state index >= 15 is 0 Å². The molecule has 7 nitrogen and oxygen atoms in total. The van der Waals surface area contributed by atoms with Crippen LogP contribution in [0.2, 0.25) is 0 Å². The molecule has 0 radical (unpaired) electrons. The van der Waals surface area contributed by atoms with Gasteiger partial charge in [0.2, 0.25) is 5.91 Å². The molecule has 1 amide bonds. The number of ether oxygens (including phenoxy) is 2. The number of para-hydroxylation sites is 1. The molecule has 1 N–H and O–H groups in total. The Balaban J connectivity index is 1.55. The van der Waals surface area contributed by atoms with E-state index in [2.05, 4.69) is 45.3 Å². The number of unbranched alkanes of at least 4 members (excludes halogenated alkanes) is 1. The number of aromatic nitrogens is 2. The quantitative estimate of drug-likeness (QED) is 0.528. The summed E-state index contributed by atoms with van der Waals surface area (Å²) in [6.07, 6.45) is 8.66. The molecule has 0 aliphatic carbocycles. The van der Waals surface area contributed by atoms with Crippen LogP contribution in [0.15, 0.2) is 54.9 Å². The molecule has 1 saturated heterocycles. The molecule has 2 aliphatic rings. The van der Waals surface area contributed by atoms with Crippen molar-refractivity contribution < 1.29 is 14.3 Å². The highest BCUT2D eigenvalue weighted by atomic mass is 16.5. The first kappa shape index (κ1) is 21.4. The lowest BCUT2D eigenvalue weighted by Gasteiger charge is -2.21. The van der Waals surface area contributed by atoms with Crippen molar-refractivity contribution in [3.8, 4) is 5.75 Å². The molecule has 0 saturated carbocycles. The Morgan fingerprint density at radius 3 is 3.06 bits per heavy atom. The standard InChI is InChI=1S/C26H28N4O3/c1-2-3-4-9-25(31)29-22-14-20-21(15-24(22)33-19-11-13-32-16-19)27-17-28-26(20)30-12-10-18-7-5-6-8-23(18)30/h4-9,14-15,17,19H,2-3,10-13,16H2,1H3,(H,29,31)/b9-4+/t19-/m1/s1. The monoisotopic (exact) mass is 444 g/mol. The van der Waals surface area contributed by atoms with Gasteiger partial charge in [-0.2, -0.15) is 0 Å². The average Bonchev–Trinajstić information content (AvgIpc) is 3.49. The zero-order valence-electron chi connectivity index (χ0n) is 18.8. The van der Waals surface area contributed by atoms with Gasteiger partial charge in [0.05, 0.1) is 24.4 Å². The first-order valence-electron chi connectivity index (χ1n) is 11.6. The molecule has 0 spiro atoms. The Bertz CT molecular complexity index is 1190. The molecule has 5 rings (SSSR count). The van der Waals surface area contributed by atoms with Crippen molar-refractivity contribution in [2.75, 3.05) is 30.0 Å². The molecule has 33 heavy (non-hydrogen) atoms. The summed E-state index contributed by atoms with van der Waals surface area (Å²) in [7, 11) is 0. The van der Waals surface area contributed by atoms with E-state index in [0.29, 0.717) is 24.7 Å². The van der Waals surface area contributed by atoms with Gasteiger partial charge < -0.3 is 19.7 Å². The van der Waals surface area contributed by atoms with E-state index in [-0.39, 0.29) is 12.0 Å². The highest BCUT2D eigenvalue weighted by Crippen LogP contribution is 2.39. The predicted octanol–water partition coefficient (Wildman–Crippen LogP) is 4.79. The topological polar surface area (TPSA) is 76.6 Å². The summed E-state index contributed by atoms with van der Waals surface area (Å²) in [6.45, 7) is 4.16. The second-order valence-electron chi connectivity index (χ2n) is 8.38. The summed E-state index contributed by atoms with van der Waals surface area (Å²) in [5.74, 6) is 1.25. The third-order valence-corrected chi connectivity index (χ3v) is 6.02. The SMILES string of the molecule is CCC/C=C/C(=O)Nc1cc2c(N3CCc4ccccc43)ncnc2cc1O[C@@H]1CCOC1. The van der Waals surface area contributed by atoms with Gasteiger partial charge in [-0.15, -0.1) is 0 Å². The summed E-state index contributed by atoms with van der Waals surface area (Å²) >= 11 is 0. The maximum Gasteiger partial charge on any atom is 0.248 e. The number of carbonyl (C=O) groups is 1. The minimum absolute atomic E-state index is 0.0412. The number of rotatable bonds is 7. The van der Waals surface area contributed by atoms with E-state index in [4.69, 9.17) is 9.47 Å². The highest BCUT2D eigenvalue weighted by Gasteiger charge is 2.25. The van der Waals surface area contributed by atoms with Crippen LogP contribution in [0.4, 0.5) is 17.2 Å². The van der Waals surface area contributed by atoms with E-state index in [9.17, 15) is 4.79 Å². The van der Waals surface area contributed by atoms with Gasteiger partial charge >= 0.3 is 0 Å². The number of hydrogen-bond donors (Lipinski definition) is 1. The van der Waals surface area contributed by atoms with Crippen LogP contribution in [-0.2, 0) is 16.0 Å². The summed E-state index contributed by atoms with van der Waals surface area (Å²) in [5.41, 5.74) is 3.86. The van der Waals surface area contributed by atoms with Gasteiger partial charge in [0.25, 0.3) is 0 Å². The Kier molecular flexibility index (Phi) is 6.21. The molecule has 0 unspecified atom stereocenters. The number of nitrogens with zero attached hydrogens (tertiary/aromatic N) is 3. The van der Waals surface area contributed by atoms with Crippen molar-refractivity contribution in [3.05, 3.63) is 60.4 Å². The fourth-order valence-corrected chi connectivity index (χ4v) is 4.36. The van der Waals surface area contributed by atoms with E-state index in [1.54, 1.807) is 12.4 Å². The first-order valence-corrected chi connectivity index (χ1v) is 11.6. The van der Waals surface area contributed by atoms with Crippen molar-refractivity contribution in [1.82, 2.24) is 9.97 Å². The zero-order chi connectivity index (χ0) is 22.6. The normalized spacial score (nSPS) is 17.6. The molecule has 2 aliphatic heterocycles. The maximum atomic E-state index is 12.6. The number of hydrogen-bond acceptors (Lipinski definition) is 6. The number of nitrogens with one attached hydrogen (secondary N) is 1. The smallest absolute Gasteiger partial charge is 0.248 e. The van der Waals surface area contributed by atoms with Crippen molar-refractivity contribution in [2.45, 2.75) is 38.7 Å². The van der Waals surface area contributed by atoms with Gasteiger partial charge in [0, 0.05) is 30.1 Å². The average molecular weight is 445 g/mol. The van der Waals surface area contributed by atoms with E-state index in [1.165, 1.54) is 5.56 Å². The molecular weight excluding hydrogens is 416 g/mol. The van der Waals surface area contributed by atoms with Crippen molar-refractivity contribution in [2.24, 2.45) is 0 Å². The van der Waals surface area contributed by atoms with Crippen molar-refractivity contribution in [1.29, 1.82) is 0 Å². The minimum atomic E-state index is -0.180. The van der Waals surface area contributed by atoms with Crippen LogP contribution in [-0.4, -0.2) is 41.7 Å².